The van der Waals surface area contributed by atoms with Gasteiger partial charge in [-0.15, -0.1) is 5.10 Å². The summed E-state index contributed by atoms with van der Waals surface area (Å²) in [5, 5.41) is 7.27. The van der Waals surface area contributed by atoms with Crippen LogP contribution in [0.5, 0.6) is 0 Å². The number of carbonyl (C=O) groups excluding carboxylic acids is 1. The van der Waals surface area contributed by atoms with Crippen molar-refractivity contribution in [1.82, 2.24) is 14.5 Å². The highest BCUT2D eigenvalue weighted by atomic mass is 32.1. The standard InChI is InChI=1S/C11H18N4OS/c1-9(15-6-4-2-3-5-7-15)11(16)13-10-8-12-14-17-10/h8-9H,2-7H2,1H3,(H,13,16)/t9-/m1/s1. The second-order valence-corrected chi connectivity index (χ2v) is 5.18. The van der Waals surface area contributed by atoms with Gasteiger partial charge in [-0.1, -0.05) is 17.3 Å². The van der Waals surface area contributed by atoms with Gasteiger partial charge in [0.1, 0.15) is 5.00 Å². The number of nitrogens with zero attached hydrogens (tertiary/aromatic N) is 3. The second-order valence-electron chi connectivity index (χ2n) is 4.40. The molecule has 1 saturated heterocycles. The van der Waals surface area contributed by atoms with Gasteiger partial charge in [-0.3, -0.25) is 9.69 Å². The van der Waals surface area contributed by atoms with Crippen molar-refractivity contribution in [1.29, 1.82) is 0 Å². The predicted molar refractivity (Wildman–Crippen MR) is 68.0 cm³/mol. The Kier molecular flexibility index (Phi) is 4.44. The van der Waals surface area contributed by atoms with Crippen molar-refractivity contribution in [3.05, 3.63) is 6.20 Å². The largest absolute Gasteiger partial charge is 0.314 e. The summed E-state index contributed by atoms with van der Waals surface area (Å²) in [5.41, 5.74) is 0. The molecule has 17 heavy (non-hydrogen) atoms. The van der Waals surface area contributed by atoms with Crippen LogP contribution in [0.3, 0.4) is 0 Å². The second kappa shape index (κ2) is 6.07. The number of aromatic nitrogens is 2. The molecule has 0 unspecified atom stereocenters. The summed E-state index contributed by atoms with van der Waals surface area (Å²) in [4.78, 5) is 14.3. The van der Waals surface area contributed by atoms with Gasteiger partial charge in [-0.25, -0.2) is 0 Å². The third-order valence-electron chi connectivity index (χ3n) is 3.18. The molecule has 1 aliphatic heterocycles. The summed E-state index contributed by atoms with van der Waals surface area (Å²) in [6, 6.07) is -0.0739. The number of carbonyl (C=O) groups is 1. The van der Waals surface area contributed by atoms with Crippen LogP contribution < -0.4 is 5.32 Å². The van der Waals surface area contributed by atoms with Crippen molar-refractivity contribution in [2.75, 3.05) is 18.4 Å². The van der Waals surface area contributed by atoms with Crippen LogP contribution in [-0.4, -0.2) is 39.5 Å². The first-order chi connectivity index (χ1) is 8.27. The Morgan fingerprint density at radius 3 is 2.71 bits per heavy atom. The Hall–Kier alpha value is -1.01. The zero-order valence-corrected chi connectivity index (χ0v) is 10.9. The summed E-state index contributed by atoms with van der Waals surface area (Å²) in [7, 11) is 0. The summed E-state index contributed by atoms with van der Waals surface area (Å²) in [6.45, 7) is 4.01. The minimum Gasteiger partial charge on any atom is -0.314 e. The maximum Gasteiger partial charge on any atom is 0.242 e. The first kappa shape index (κ1) is 12.4. The zero-order valence-electron chi connectivity index (χ0n) is 10.1. The molecule has 0 aromatic carbocycles. The van der Waals surface area contributed by atoms with Crippen LogP contribution in [0.25, 0.3) is 0 Å². The maximum absolute atomic E-state index is 12.0. The summed E-state index contributed by atoms with van der Waals surface area (Å²) >= 11 is 1.21. The molecular formula is C11H18N4OS. The Morgan fingerprint density at radius 1 is 1.41 bits per heavy atom. The monoisotopic (exact) mass is 254 g/mol. The number of rotatable bonds is 3. The quantitative estimate of drug-likeness (QED) is 0.892. The van der Waals surface area contributed by atoms with Gasteiger partial charge >= 0.3 is 0 Å². The average molecular weight is 254 g/mol. The van der Waals surface area contributed by atoms with Crippen LogP contribution in [0.4, 0.5) is 5.00 Å². The van der Waals surface area contributed by atoms with E-state index in [9.17, 15) is 4.79 Å². The fourth-order valence-corrected chi connectivity index (χ4v) is 2.52. The highest BCUT2D eigenvalue weighted by Crippen LogP contribution is 2.15. The Balaban J connectivity index is 1.89. The molecule has 1 amide bonds. The highest BCUT2D eigenvalue weighted by Gasteiger charge is 2.22. The van der Waals surface area contributed by atoms with Crippen molar-refractivity contribution >= 4 is 22.4 Å². The smallest absolute Gasteiger partial charge is 0.242 e. The summed E-state index contributed by atoms with van der Waals surface area (Å²) in [6.07, 6.45) is 6.53. The van der Waals surface area contributed by atoms with Crippen LogP contribution >= 0.6 is 11.5 Å². The van der Waals surface area contributed by atoms with Crippen molar-refractivity contribution in [3.63, 3.8) is 0 Å². The number of amides is 1. The lowest BCUT2D eigenvalue weighted by molar-refractivity contribution is -0.120. The molecular weight excluding hydrogens is 236 g/mol. The Labute approximate surface area is 105 Å². The van der Waals surface area contributed by atoms with Gasteiger partial charge in [0.15, 0.2) is 0 Å². The first-order valence-electron chi connectivity index (χ1n) is 6.09. The number of nitrogens with one attached hydrogen (secondary N) is 1. The molecule has 94 valence electrons. The lowest BCUT2D eigenvalue weighted by Crippen LogP contribution is -2.42. The lowest BCUT2D eigenvalue weighted by atomic mass is 10.2. The van der Waals surface area contributed by atoms with Crippen LogP contribution in [-0.2, 0) is 4.79 Å². The molecule has 2 rings (SSSR count). The molecule has 5 nitrogen and oxygen atoms in total. The molecule has 1 aliphatic rings. The van der Waals surface area contributed by atoms with E-state index >= 15 is 0 Å². The molecule has 6 heteroatoms. The topological polar surface area (TPSA) is 58.1 Å². The molecule has 0 aliphatic carbocycles. The van der Waals surface area contributed by atoms with E-state index in [-0.39, 0.29) is 11.9 Å². The molecule has 0 bridgehead atoms. The molecule has 1 aromatic heterocycles. The van der Waals surface area contributed by atoms with Gasteiger partial charge in [0, 0.05) is 11.5 Å². The molecule has 1 aromatic rings. The summed E-state index contributed by atoms with van der Waals surface area (Å²) in [5.74, 6) is 0.0398. The van der Waals surface area contributed by atoms with E-state index in [1.807, 2.05) is 6.92 Å². The Bertz CT molecular complexity index is 346. The molecule has 0 saturated carbocycles. The van der Waals surface area contributed by atoms with E-state index in [4.69, 9.17) is 0 Å². The van der Waals surface area contributed by atoms with Crippen molar-refractivity contribution in [2.24, 2.45) is 0 Å². The average Bonchev–Trinajstić information content (AvgIpc) is 2.68. The number of likely N-dealkylation sites (tertiary alicyclic amines) is 1. The number of anilines is 1. The van der Waals surface area contributed by atoms with E-state index in [2.05, 4.69) is 19.8 Å². The zero-order chi connectivity index (χ0) is 12.1. The molecule has 2 heterocycles. The van der Waals surface area contributed by atoms with E-state index in [0.29, 0.717) is 0 Å². The normalized spacial score (nSPS) is 19.6. The van der Waals surface area contributed by atoms with Crippen LogP contribution in [0.1, 0.15) is 32.6 Å². The maximum atomic E-state index is 12.0. The van der Waals surface area contributed by atoms with E-state index in [0.717, 1.165) is 18.1 Å². The van der Waals surface area contributed by atoms with Gasteiger partial charge in [-0.2, -0.15) is 0 Å². The summed E-state index contributed by atoms with van der Waals surface area (Å²) < 4.78 is 3.73. The molecule has 1 atom stereocenters. The van der Waals surface area contributed by atoms with Gasteiger partial charge in [-0.05, 0) is 32.9 Å². The number of hydrogen-bond donors (Lipinski definition) is 1. The molecule has 0 radical (unpaired) electrons. The molecule has 0 spiro atoms. The van der Waals surface area contributed by atoms with Gasteiger partial charge in [0.2, 0.25) is 5.91 Å². The number of hydrogen-bond acceptors (Lipinski definition) is 5. The fraction of sp³-hybridized carbons (Fsp3) is 0.727. The molecule has 1 N–H and O–H groups in total. The van der Waals surface area contributed by atoms with Crippen molar-refractivity contribution in [3.8, 4) is 0 Å². The minimum absolute atomic E-state index is 0.0398. The van der Waals surface area contributed by atoms with Crippen LogP contribution in [0.15, 0.2) is 6.20 Å². The van der Waals surface area contributed by atoms with Gasteiger partial charge < -0.3 is 5.32 Å². The predicted octanol–water partition coefficient (Wildman–Crippen LogP) is 1.74. The minimum atomic E-state index is -0.0739. The van der Waals surface area contributed by atoms with E-state index in [1.54, 1.807) is 6.20 Å². The van der Waals surface area contributed by atoms with Crippen molar-refractivity contribution in [2.45, 2.75) is 38.6 Å². The third-order valence-corrected chi connectivity index (χ3v) is 3.76. The van der Waals surface area contributed by atoms with Crippen molar-refractivity contribution < 1.29 is 4.79 Å². The molecule has 1 fully saturated rings. The van der Waals surface area contributed by atoms with Crippen LogP contribution in [0, 0.1) is 0 Å². The SMILES string of the molecule is C[C@H](C(=O)Nc1cnns1)N1CCCCCC1. The lowest BCUT2D eigenvalue weighted by Gasteiger charge is -2.26. The first-order valence-corrected chi connectivity index (χ1v) is 6.87. The third kappa shape index (κ3) is 3.47. The highest BCUT2D eigenvalue weighted by molar-refractivity contribution is 7.10. The van der Waals surface area contributed by atoms with Gasteiger partial charge in [0.05, 0.1) is 12.2 Å². The van der Waals surface area contributed by atoms with E-state index < -0.39 is 0 Å². The van der Waals surface area contributed by atoms with Crippen LogP contribution in [0.2, 0.25) is 0 Å². The van der Waals surface area contributed by atoms with E-state index in [1.165, 1.54) is 37.2 Å². The van der Waals surface area contributed by atoms with Gasteiger partial charge in [0.25, 0.3) is 0 Å². The Morgan fingerprint density at radius 2 is 2.12 bits per heavy atom. The fourth-order valence-electron chi connectivity index (χ4n) is 2.10.